The molecule has 1 rings (SSSR count). The fraction of sp³-hybridized carbons (Fsp3) is 0.462. The van der Waals surface area contributed by atoms with E-state index in [1.54, 1.807) is 6.07 Å². The monoisotopic (exact) mass is 234 g/mol. The number of nitrogens with zero attached hydrogens (tertiary/aromatic N) is 1. The van der Waals surface area contributed by atoms with Crippen LogP contribution in [0.3, 0.4) is 0 Å². The van der Waals surface area contributed by atoms with E-state index in [9.17, 15) is 0 Å². The van der Waals surface area contributed by atoms with Crippen LogP contribution < -0.4 is 15.2 Å². The van der Waals surface area contributed by atoms with Crippen molar-refractivity contribution >= 4 is 0 Å². The second kappa shape index (κ2) is 6.77. The fourth-order valence-electron chi connectivity index (χ4n) is 1.40. The molecule has 0 aromatic heterocycles. The van der Waals surface area contributed by atoms with Gasteiger partial charge in [0.25, 0.3) is 0 Å². The van der Waals surface area contributed by atoms with Crippen LogP contribution >= 0.6 is 0 Å². The van der Waals surface area contributed by atoms with Gasteiger partial charge in [-0.25, -0.2) is 0 Å². The van der Waals surface area contributed by atoms with Crippen LogP contribution in [0.2, 0.25) is 0 Å². The lowest BCUT2D eigenvalue weighted by atomic mass is 10.2. The third-order valence-electron chi connectivity index (χ3n) is 2.33. The van der Waals surface area contributed by atoms with Gasteiger partial charge in [0.2, 0.25) is 0 Å². The first-order valence-electron chi connectivity index (χ1n) is 5.77. The summed E-state index contributed by atoms with van der Waals surface area (Å²) in [7, 11) is 0. The Morgan fingerprint density at radius 2 is 2.12 bits per heavy atom. The minimum Gasteiger partial charge on any atom is -0.490 e. The molecule has 0 heterocycles. The number of ether oxygens (including phenoxy) is 2. The third kappa shape index (κ3) is 3.65. The number of hydrogen-bond donors (Lipinski definition) is 1. The minimum absolute atomic E-state index is 0.446. The van der Waals surface area contributed by atoms with Crippen LogP contribution in [0.15, 0.2) is 18.2 Å². The highest BCUT2D eigenvalue weighted by Gasteiger charge is 2.11. The van der Waals surface area contributed by atoms with E-state index in [0.29, 0.717) is 31.1 Å². The summed E-state index contributed by atoms with van der Waals surface area (Å²) in [5, 5.41) is 8.87. The molecule has 2 N–H and O–H groups in total. The summed E-state index contributed by atoms with van der Waals surface area (Å²) in [5.41, 5.74) is 6.55. The van der Waals surface area contributed by atoms with Crippen LogP contribution in [0, 0.1) is 11.3 Å². The molecule has 0 aliphatic rings. The van der Waals surface area contributed by atoms with Crippen molar-refractivity contribution in [3.8, 4) is 17.6 Å². The molecule has 0 radical (unpaired) electrons. The topological polar surface area (TPSA) is 68.3 Å². The molecule has 1 aromatic carbocycles. The van der Waals surface area contributed by atoms with E-state index in [1.165, 1.54) is 0 Å². The van der Waals surface area contributed by atoms with Crippen molar-refractivity contribution in [3.05, 3.63) is 23.8 Å². The van der Waals surface area contributed by atoms with Gasteiger partial charge < -0.3 is 15.2 Å². The van der Waals surface area contributed by atoms with Gasteiger partial charge in [0.1, 0.15) is 6.07 Å². The number of hydrogen-bond acceptors (Lipinski definition) is 4. The second-order valence-corrected chi connectivity index (χ2v) is 3.56. The zero-order chi connectivity index (χ0) is 12.7. The van der Waals surface area contributed by atoms with E-state index in [-0.39, 0.29) is 0 Å². The van der Waals surface area contributed by atoms with Gasteiger partial charge in [0.05, 0.1) is 6.61 Å². The van der Waals surface area contributed by atoms with E-state index in [1.807, 2.05) is 26.0 Å². The van der Waals surface area contributed by atoms with Crippen LogP contribution in [0.1, 0.15) is 25.8 Å². The highest BCUT2D eigenvalue weighted by molar-refractivity contribution is 5.43. The maximum Gasteiger partial charge on any atom is 0.184 e. The normalized spacial score (nSPS) is 11.6. The maximum atomic E-state index is 8.87. The molecule has 17 heavy (non-hydrogen) atoms. The molecular formula is C13H18N2O2. The van der Waals surface area contributed by atoms with E-state index >= 15 is 0 Å². The Hall–Kier alpha value is -1.73. The highest BCUT2D eigenvalue weighted by atomic mass is 16.5. The molecule has 1 unspecified atom stereocenters. The van der Waals surface area contributed by atoms with Crippen molar-refractivity contribution in [1.29, 1.82) is 5.26 Å². The van der Waals surface area contributed by atoms with Gasteiger partial charge in [-0.3, -0.25) is 0 Å². The van der Waals surface area contributed by atoms with Crippen LogP contribution in [0.5, 0.6) is 11.5 Å². The Bertz CT molecular complexity index is 399. The van der Waals surface area contributed by atoms with Crippen molar-refractivity contribution in [1.82, 2.24) is 0 Å². The Kier molecular flexibility index (Phi) is 5.31. The first kappa shape index (κ1) is 13.3. The van der Waals surface area contributed by atoms with Crippen molar-refractivity contribution in [2.75, 3.05) is 6.61 Å². The van der Waals surface area contributed by atoms with Crippen LogP contribution in [-0.2, 0) is 6.54 Å². The summed E-state index contributed by atoms with van der Waals surface area (Å²) in [4.78, 5) is 0. The van der Waals surface area contributed by atoms with Crippen LogP contribution in [0.25, 0.3) is 0 Å². The van der Waals surface area contributed by atoms with E-state index < -0.39 is 6.10 Å². The largest absolute Gasteiger partial charge is 0.490 e. The van der Waals surface area contributed by atoms with Crippen LogP contribution in [-0.4, -0.2) is 12.7 Å². The summed E-state index contributed by atoms with van der Waals surface area (Å²) in [6, 6.07) is 7.62. The van der Waals surface area contributed by atoms with E-state index in [0.717, 1.165) is 5.56 Å². The zero-order valence-corrected chi connectivity index (χ0v) is 10.3. The average Bonchev–Trinajstić information content (AvgIpc) is 2.37. The average molecular weight is 234 g/mol. The molecule has 0 bridgehead atoms. The molecule has 0 fully saturated rings. The highest BCUT2D eigenvalue weighted by Crippen LogP contribution is 2.29. The van der Waals surface area contributed by atoms with E-state index in [4.69, 9.17) is 20.5 Å². The van der Waals surface area contributed by atoms with Crippen molar-refractivity contribution in [3.63, 3.8) is 0 Å². The smallest absolute Gasteiger partial charge is 0.184 e. The van der Waals surface area contributed by atoms with Gasteiger partial charge in [-0.05, 0) is 31.0 Å². The molecule has 0 amide bonds. The first-order valence-corrected chi connectivity index (χ1v) is 5.77. The number of rotatable bonds is 6. The van der Waals surface area contributed by atoms with Gasteiger partial charge in [0.15, 0.2) is 17.6 Å². The Morgan fingerprint density at radius 1 is 1.35 bits per heavy atom. The van der Waals surface area contributed by atoms with Crippen molar-refractivity contribution < 1.29 is 9.47 Å². The van der Waals surface area contributed by atoms with Gasteiger partial charge in [0, 0.05) is 6.54 Å². The second-order valence-electron chi connectivity index (χ2n) is 3.56. The quantitative estimate of drug-likeness (QED) is 0.819. The number of benzene rings is 1. The summed E-state index contributed by atoms with van der Waals surface area (Å²) >= 11 is 0. The zero-order valence-electron chi connectivity index (χ0n) is 10.3. The van der Waals surface area contributed by atoms with E-state index in [2.05, 4.69) is 6.07 Å². The lowest BCUT2D eigenvalue weighted by Gasteiger charge is -2.15. The van der Waals surface area contributed by atoms with Crippen molar-refractivity contribution in [2.24, 2.45) is 5.73 Å². The number of nitrogens with two attached hydrogens (primary N) is 1. The van der Waals surface area contributed by atoms with Gasteiger partial charge in [-0.15, -0.1) is 0 Å². The predicted octanol–water partition coefficient (Wildman–Crippen LogP) is 2.22. The van der Waals surface area contributed by atoms with Crippen LogP contribution in [0.4, 0.5) is 0 Å². The molecule has 0 saturated carbocycles. The Balaban J connectivity index is 2.93. The molecule has 92 valence electrons. The molecule has 0 aliphatic carbocycles. The SMILES string of the molecule is CCOc1cc(CN)ccc1OC(C#N)CC. The summed E-state index contributed by atoms with van der Waals surface area (Å²) in [5.74, 6) is 1.24. The maximum absolute atomic E-state index is 8.87. The van der Waals surface area contributed by atoms with Crippen molar-refractivity contribution in [2.45, 2.75) is 32.9 Å². The summed E-state index contributed by atoms with van der Waals surface area (Å²) < 4.78 is 11.0. The lowest BCUT2D eigenvalue weighted by Crippen LogP contribution is -2.13. The molecular weight excluding hydrogens is 216 g/mol. The minimum atomic E-state index is -0.446. The molecule has 1 atom stereocenters. The summed E-state index contributed by atoms with van der Waals surface area (Å²) in [6.07, 6.45) is 0.193. The fourth-order valence-corrected chi connectivity index (χ4v) is 1.40. The summed E-state index contributed by atoms with van der Waals surface area (Å²) in [6.45, 7) is 4.81. The molecule has 0 saturated heterocycles. The molecule has 4 heteroatoms. The Morgan fingerprint density at radius 3 is 2.65 bits per heavy atom. The third-order valence-corrected chi connectivity index (χ3v) is 2.33. The van der Waals surface area contributed by atoms with Gasteiger partial charge in [-0.1, -0.05) is 13.0 Å². The predicted molar refractivity (Wildman–Crippen MR) is 65.8 cm³/mol. The molecule has 4 nitrogen and oxygen atoms in total. The van der Waals surface area contributed by atoms with Gasteiger partial charge in [-0.2, -0.15) is 5.26 Å². The standard InChI is InChI=1S/C13H18N2O2/c1-3-11(9-15)17-12-6-5-10(8-14)7-13(12)16-4-2/h5-7,11H,3-4,8,14H2,1-2H3. The Labute approximate surface area is 102 Å². The number of nitriles is 1. The molecule has 0 spiro atoms. The first-order chi connectivity index (χ1) is 8.24. The van der Waals surface area contributed by atoms with Gasteiger partial charge >= 0.3 is 0 Å². The lowest BCUT2D eigenvalue weighted by molar-refractivity contribution is 0.231. The molecule has 1 aromatic rings. The molecule has 0 aliphatic heterocycles.